The minimum absolute atomic E-state index is 0.647. The molecule has 0 saturated heterocycles. The monoisotopic (exact) mass is 192 g/mol. The van der Waals surface area contributed by atoms with E-state index < -0.39 is 0 Å². The Morgan fingerprint density at radius 3 is 2.50 bits per heavy atom. The van der Waals surface area contributed by atoms with Crippen molar-refractivity contribution in [1.82, 2.24) is 0 Å². The minimum Gasteiger partial charge on any atom is -0.497 e. The van der Waals surface area contributed by atoms with E-state index in [0.29, 0.717) is 13.2 Å². The Hall–Kier alpha value is -1.28. The van der Waals surface area contributed by atoms with Crippen molar-refractivity contribution < 1.29 is 9.47 Å². The highest BCUT2D eigenvalue weighted by atomic mass is 16.5. The lowest BCUT2D eigenvalue weighted by Gasteiger charge is -2.03. The first-order valence-corrected chi connectivity index (χ1v) is 4.68. The summed E-state index contributed by atoms with van der Waals surface area (Å²) in [5.74, 6) is 0.877. The van der Waals surface area contributed by atoms with Gasteiger partial charge in [-0.2, -0.15) is 0 Å². The molecule has 0 aliphatic heterocycles. The third-order valence-electron chi connectivity index (χ3n) is 1.88. The van der Waals surface area contributed by atoms with Crippen LogP contribution >= 0.6 is 0 Å². The van der Waals surface area contributed by atoms with E-state index in [9.17, 15) is 0 Å². The first-order valence-electron chi connectivity index (χ1n) is 4.68. The van der Waals surface area contributed by atoms with Crippen molar-refractivity contribution in [2.45, 2.75) is 13.5 Å². The van der Waals surface area contributed by atoms with Crippen LogP contribution in [0.15, 0.2) is 36.4 Å². The first kappa shape index (κ1) is 10.8. The van der Waals surface area contributed by atoms with Crippen molar-refractivity contribution in [3.05, 3.63) is 42.0 Å². The highest BCUT2D eigenvalue weighted by Gasteiger charge is 1.93. The molecule has 0 fully saturated rings. The van der Waals surface area contributed by atoms with Crippen molar-refractivity contribution in [3.63, 3.8) is 0 Å². The van der Waals surface area contributed by atoms with Gasteiger partial charge in [-0.1, -0.05) is 24.3 Å². The van der Waals surface area contributed by atoms with E-state index in [1.807, 2.05) is 43.3 Å². The summed E-state index contributed by atoms with van der Waals surface area (Å²) < 4.78 is 10.5. The molecule has 1 rings (SSSR count). The van der Waals surface area contributed by atoms with Gasteiger partial charge in [0.15, 0.2) is 0 Å². The molecule has 0 spiro atoms. The van der Waals surface area contributed by atoms with Gasteiger partial charge in [0, 0.05) is 0 Å². The van der Waals surface area contributed by atoms with Crippen LogP contribution in [0, 0.1) is 0 Å². The van der Waals surface area contributed by atoms with Crippen molar-refractivity contribution >= 4 is 0 Å². The van der Waals surface area contributed by atoms with Crippen LogP contribution in [0.3, 0.4) is 0 Å². The van der Waals surface area contributed by atoms with Crippen LogP contribution in [-0.4, -0.2) is 13.7 Å². The molecule has 0 aliphatic carbocycles. The molecule has 0 heterocycles. The summed E-state index contributed by atoms with van der Waals surface area (Å²) in [7, 11) is 1.66. The average molecular weight is 192 g/mol. The topological polar surface area (TPSA) is 18.5 Å². The van der Waals surface area contributed by atoms with Crippen LogP contribution in [0.2, 0.25) is 0 Å². The van der Waals surface area contributed by atoms with Gasteiger partial charge >= 0.3 is 0 Å². The summed E-state index contributed by atoms with van der Waals surface area (Å²) >= 11 is 0. The Bertz CT molecular complexity index is 275. The summed E-state index contributed by atoms with van der Waals surface area (Å²) in [4.78, 5) is 0. The number of hydrogen-bond donors (Lipinski definition) is 0. The Balaban J connectivity index is 2.36. The lowest BCUT2D eigenvalue weighted by atomic mass is 10.2. The van der Waals surface area contributed by atoms with Crippen LogP contribution in [0.1, 0.15) is 12.5 Å². The first-order chi connectivity index (χ1) is 6.86. The van der Waals surface area contributed by atoms with Gasteiger partial charge in [-0.15, -0.1) is 0 Å². The van der Waals surface area contributed by atoms with Crippen molar-refractivity contribution in [2.75, 3.05) is 13.7 Å². The lowest BCUT2D eigenvalue weighted by molar-refractivity contribution is 0.148. The summed E-state index contributed by atoms with van der Waals surface area (Å²) in [6, 6.07) is 7.89. The maximum atomic E-state index is 5.41. The van der Waals surface area contributed by atoms with Gasteiger partial charge in [0.1, 0.15) is 5.75 Å². The molecular weight excluding hydrogens is 176 g/mol. The zero-order chi connectivity index (χ0) is 10.2. The predicted octanol–water partition coefficient (Wildman–Crippen LogP) is 2.79. The number of allylic oxidation sites excluding steroid dienone is 1. The van der Waals surface area contributed by atoms with Gasteiger partial charge in [-0.05, 0) is 24.6 Å². The van der Waals surface area contributed by atoms with Gasteiger partial charge in [0.25, 0.3) is 0 Å². The standard InChI is InChI=1S/C12H16O2/c1-3-4-9-14-10-11-5-7-12(13-2)8-6-11/h3-8H,9-10H2,1-2H3/b4-3+. The van der Waals surface area contributed by atoms with Crippen molar-refractivity contribution in [2.24, 2.45) is 0 Å². The second kappa shape index (κ2) is 6.22. The summed E-state index contributed by atoms with van der Waals surface area (Å²) in [6.45, 7) is 3.30. The largest absolute Gasteiger partial charge is 0.497 e. The summed E-state index contributed by atoms with van der Waals surface area (Å²) in [6.07, 6.45) is 3.97. The Kier molecular flexibility index (Phi) is 4.79. The molecule has 0 unspecified atom stereocenters. The smallest absolute Gasteiger partial charge is 0.118 e. The second-order valence-electron chi connectivity index (χ2n) is 2.93. The third kappa shape index (κ3) is 3.62. The molecule has 0 aliphatic rings. The number of hydrogen-bond acceptors (Lipinski definition) is 2. The molecule has 76 valence electrons. The van der Waals surface area contributed by atoms with Gasteiger partial charge in [-0.3, -0.25) is 0 Å². The fourth-order valence-corrected chi connectivity index (χ4v) is 1.06. The maximum absolute atomic E-state index is 5.41. The number of ether oxygens (including phenoxy) is 2. The van der Waals surface area contributed by atoms with Gasteiger partial charge in [0.05, 0.1) is 20.3 Å². The van der Waals surface area contributed by atoms with Gasteiger partial charge < -0.3 is 9.47 Å². The molecule has 0 aromatic heterocycles. The van der Waals surface area contributed by atoms with E-state index in [0.717, 1.165) is 11.3 Å². The Morgan fingerprint density at radius 2 is 1.93 bits per heavy atom. The van der Waals surface area contributed by atoms with E-state index in [1.54, 1.807) is 7.11 Å². The average Bonchev–Trinajstić information content (AvgIpc) is 2.25. The zero-order valence-corrected chi connectivity index (χ0v) is 8.69. The van der Waals surface area contributed by atoms with Crippen molar-refractivity contribution in [3.8, 4) is 5.75 Å². The number of benzene rings is 1. The molecule has 0 radical (unpaired) electrons. The van der Waals surface area contributed by atoms with Crippen LogP contribution in [0.25, 0.3) is 0 Å². The molecule has 0 amide bonds. The van der Waals surface area contributed by atoms with E-state index >= 15 is 0 Å². The fourth-order valence-electron chi connectivity index (χ4n) is 1.06. The van der Waals surface area contributed by atoms with Crippen molar-refractivity contribution in [1.29, 1.82) is 0 Å². The molecule has 0 bridgehead atoms. The normalized spacial score (nSPS) is 10.7. The molecule has 0 saturated carbocycles. The third-order valence-corrected chi connectivity index (χ3v) is 1.88. The Morgan fingerprint density at radius 1 is 1.21 bits per heavy atom. The maximum Gasteiger partial charge on any atom is 0.118 e. The molecule has 0 N–H and O–H groups in total. The van der Waals surface area contributed by atoms with Crippen LogP contribution in [0.5, 0.6) is 5.75 Å². The lowest BCUT2D eigenvalue weighted by Crippen LogP contribution is -1.92. The number of methoxy groups -OCH3 is 1. The highest BCUT2D eigenvalue weighted by molar-refractivity contribution is 5.26. The second-order valence-corrected chi connectivity index (χ2v) is 2.93. The van der Waals surface area contributed by atoms with E-state index in [1.165, 1.54) is 0 Å². The molecule has 14 heavy (non-hydrogen) atoms. The van der Waals surface area contributed by atoms with E-state index in [2.05, 4.69) is 0 Å². The van der Waals surface area contributed by atoms with Crippen LogP contribution < -0.4 is 4.74 Å². The quantitative estimate of drug-likeness (QED) is 0.527. The Labute approximate surface area is 85.2 Å². The summed E-state index contributed by atoms with van der Waals surface area (Å²) in [5, 5.41) is 0. The molecule has 0 atom stereocenters. The fraction of sp³-hybridized carbons (Fsp3) is 0.333. The molecule has 1 aromatic carbocycles. The molecule has 1 aromatic rings. The molecular formula is C12H16O2. The SMILES string of the molecule is C/C=C/COCc1ccc(OC)cc1. The van der Waals surface area contributed by atoms with Gasteiger partial charge in [0.2, 0.25) is 0 Å². The van der Waals surface area contributed by atoms with E-state index in [-0.39, 0.29) is 0 Å². The van der Waals surface area contributed by atoms with Crippen LogP contribution in [-0.2, 0) is 11.3 Å². The predicted molar refractivity (Wildman–Crippen MR) is 57.5 cm³/mol. The highest BCUT2D eigenvalue weighted by Crippen LogP contribution is 2.11. The molecule has 2 heteroatoms. The zero-order valence-electron chi connectivity index (χ0n) is 8.69. The molecule has 2 nitrogen and oxygen atoms in total. The number of rotatable bonds is 5. The van der Waals surface area contributed by atoms with Gasteiger partial charge in [-0.25, -0.2) is 0 Å². The minimum atomic E-state index is 0.647. The van der Waals surface area contributed by atoms with Crippen LogP contribution in [0.4, 0.5) is 0 Å². The summed E-state index contributed by atoms with van der Waals surface area (Å²) in [5.41, 5.74) is 1.16. The van der Waals surface area contributed by atoms with E-state index in [4.69, 9.17) is 9.47 Å².